The summed E-state index contributed by atoms with van der Waals surface area (Å²) < 4.78 is 26.5. The van der Waals surface area contributed by atoms with E-state index in [1.165, 1.54) is 6.07 Å². The highest BCUT2D eigenvalue weighted by Crippen LogP contribution is 2.25. The summed E-state index contributed by atoms with van der Waals surface area (Å²) in [6, 6.07) is 10.1. The summed E-state index contributed by atoms with van der Waals surface area (Å²) in [6.45, 7) is 3.20. The number of carbonyl (C=O) groups excluding carboxylic acids is 1. The number of ether oxygens (including phenoxy) is 1. The lowest BCUT2D eigenvalue weighted by Crippen LogP contribution is -2.27. The van der Waals surface area contributed by atoms with E-state index in [0.29, 0.717) is 30.0 Å². The molecular formula is C19H21FN2O3. The second kappa shape index (κ2) is 7.53. The lowest BCUT2D eigenvalue weighted by Gasteiger charge is -2.11. The summed E-state index contributed by atoms with van der Waals surface area (Å²) in [5.74, 6) is 0.242. The van der Waals surface area contributed by atoms with Gasteiger partial charge in [-0.1, -0.05) is 18.2 Å². The van der Waals surface area contributed by atoms with E-state index in [4.69, 9.17) is 9.15 Å². The Morgan fingerprint density at radius 1 is 1.32 bits per heavy atom. The zero-order valence-electron chi connectivity index (χ0n) is 14.3. The standard InChI is InChI=1S/C19H21FN2O3/c1-13-10-16-18(25-13)11-17(19(23)21-8-5-9-24-2)22(16)12-14-6-3-4-7-15(14)20/h3-4,6-7,10-11H,5,8-9,12H2,1-2H3,(H,21,23). The van der Waals surface area contributed by atoms with Crippen LogP contribution in [0.3, 0.4) is 0 Å². The first-order valence-corrected chi connectivity index (χ1v) is 8.20. The lowest BCUT2D eigenvalue weighted by molar-refractivity contribution is 0.0940. The molecule has 0 aliphatic rings. The number of aromatic nitrogens is 1. The minimum Gasteiger partial charge on any atom is -0.460 e. The molecule has 0 aliphatic heterocycles. The fraction of sp³-hybridized carbons (Fsp3) is 0.316. The maximum absolute atomic E-state index is 14.1. The summed E-state index contributed by atoms with van der Waals surface area (Å²) in [5.41, 5.74) is 2.38. The Kier molecular flexibility index (Phi) is 5.19. The van der Waals surface area contributed by atoms with Gasteiger partial charge in [0.05, 0.1) is 12.1 Å². The molecule has 0 saturated carbocycles. The van der Waals surface area contributed by atoms with Crippen molar-refractivity contribution in [2.24, 2.45) is 0 Å². The Labute approximate surface area is 145 Å². The first-order valence-electron chi connectivity index (χ1n) is 8.20. The number of aryl methyl sites for hydroxylation is 1. The maximum Gasteiger partial charge on any atom is 0.268 e. The molecule has 0 radical (unpaired) electrons. The van der Waals surface area contributed by atoms with Crippen LogP contribution in [0, 0.1) is 12.7 Å². The van der Waals surface area contributed by atoms with E-state index < -0.39 is 0 Å². The van der Waals surface area contributed by atoms with Gasteiger partial charge in [0.1, 0.15) is 17.3 Å². The van der Waals surface area contributed by atoms with Gasteiger partial charge in [0.15, 0.2) is 5.58 Å². The van der Waals surface area contributed by atoms with Crippen LogP contribution in [0.4, 0.5) is 4.39 Å². The van der Waals surface area contributed by atoms with Crippen molar-refractivity contribution < 1.29 is 18.3 Å². The van der Waals surface area contributed by atoms with E-state index >= 15 is 0 Å². The maximum atomic E-state index is 14.1. The molecule has 132 valence electrons. The van der Waals surface area contributed by atoms with E-state index in [-0.39, 0.29) is 18.3 Å². The fourth-order valence-corrected chi connectivity index (χ4v) is 2.83. The number of rotatable bonds is 7. The monoisotopic (exact) mass is 344 g/mol. The molecule has 0 spiro atoms. The largest absolute Gasteiger partial charge is 0.460 e. The molecule has 0 saturated heterocycles. The molecule has 0 fully saturated rings. The van der Waals surface area contributed by atoms with E-state index in [2.05, 4.69) is 5.32 Å². The lowest BCUT2D eigenvalue weighted by atomic mass is 10.2. The second-order valence-corrected chi connectivity index (χ2v) is 5.92. The van der Waals surface area contributed by atoms with Gasteiger partial charge in [0, 0.05) is 38.0 Å². The van der Waals surface area contributed by atoms with Gasteiger partial charge < -0.3 is 19.0 Å². The number of fused-ring (bicyclic) bond motifs is 1. The van der Waals surface area contributed by atoms with Gasteiger partial charge in [-0.05, 0) is 19.4 Å². The van der Waals surface area contributed by atoms with E-state index in [1.54, 1.807) is 35.9 Å². The number of halogens is 1. The average Bonchev–Trinajstić information content (AvgIpc) is 3.11. The Hall–Kier alpha value is -2.60. The molecule has 1 amide bonds. The van der Waals surface area contributed by atoms with Gasteiger partial charge in [-0.15, -0.1) is 0 Å². The molecule has 0 bridgehead atoms. The minimum atomic E-state index is -0.295. The number of nitrogens with one attached hydrogen (secondary N) is 1. The number of carbonyl (C=O) groups is 1. The normalized spacial score (nSPS) is 11.2. The topological polar surface area (TPSA) is 56.4 Å². The molecule has 5 nitrogen and oxygen atoms in total. The average molecular weight is 344 g/mol. The van der Waals surface area contributed by atoms with Gasteiger partial charge in [-0.2, -0.15) is 0 Å². The van der Waals surface area contributed by atoms with Crippen molar-refractivity contribution in [2.75, 3.05) is 20.3 Å². The van der Waals surface area contributed by atoms with Crippen molar-refractivity contribution >= 4 is 17.0 Å². The van der Waals surface area contributed by atoms with Crippen molar-refractivity contribution in [2.45, 2.75) is 19.9 Å². The molecule has 6 heteroatoms. The van der Waals surface area contributed by atoms with Crippen LogP contribution in [-0.4, -0.2) is 30.7 Å². The van der Waals surface area contributed by atoms with Crippen LogP contribution in [0.2, 0.25) is 0 Å². The number of methoxy groups -OCH3 is 1. The Morgan fingerprint density at radius 2 is 2.12 bits per heavy atom. The van der Waals surface area contributed by atoms with E-state index in [0.717, 1.165) is 17.7 Å². The Morgan fingerprint density at radius 3 is 2.88 bits per heavy atom. The SMILES string of the molecule is COCCCNC(=O)c1cc2oc(C)cc2n1Cc1ccccc1F. The summed E-state index contributed by atoms with van der Waals surface area (Å²) in [7, 11) is 1.62. The summed E-state index contributed by atoms with van der Waals surface area (Å²) in [4.78, 5) is 12.5. The van der Waals surface area contributed by atoms with Crippen LogP contribution in [-0.2, 0) is 11.3 Å². The van der Waals surface area contributed by atoms with E-state index in [1.807, 2.05) is 13.0 Å². The zero-order valence-corrected chi connectivity index (χ0v) is 14.3. The molecule has 0 atom stereocenters. The van der Waals surface area contributed by atoms with Gasteiger partial charge in [0.2, 0.25) is 0 Å². The van der Waals surface area contributed by atoms with Gasteiger partial charge >= 0.3 is 0 Å². The highest BCUT2D eigenvalue weighted by Gasteiger charge is 2.19. The minimum absolute atomic E-state index is 0.212. The molecule has 2 aromatic heterocycles. The molecular weight excluding hydrogens is 323 g/mol. The van der Waals surface area contributed by atoms with Crippen molar-refractivity contribution in [3.8, 4) is 0 Å². The molecule has 3 aromatic rings. The van der Waals surface area contributed by atoms with Crippen LogP contribution in [0.1, 0.15) is 28.2 Å². The van der Waals surface area contributed by atoms with Crippen LogP contribution in [0.15, 0.2) is 40.8 Å². The fourth-order valence-electron chi connectivity index (χ4n) is 2.83. The number of hydrogen-bond acceptors (Lipinski definition) is 3. The highest BCUT2D eigenvalue weighted by molar-refractivity contribution is 5.97. The van der Waals surface area contributed by atoms with Gasteiger partial charge in [0.25, 0.3) is 5.91 Å². The van der Waals surface area contributed by atoms with Gasteiger partial charge in [-0.3, -0.25) is 4.79 Å². The van der Waals surface area contributed by atoms with Crippen LogP contribution in [0.25, 0.3) is 11.1 Å². The van der Waals surface area contributed by atoms with Crippen molar-refractivity contribution in [1.29, 1.82) is 0 Å². The summed E-state index contributed by atoms with van der Waals surface area (Å²) >= 11 is 0. The predicted octanol–water partition coefficient (Wildman–Crippen LogP) is 3.50. The van der Waals surface area contributed by atoms with Crippen molar-refractivity contribution in [3.63, 3.8) is 0 Å². The van der Waals surface area contributed by atoms with Crippen molar-refractivity contribution in [3.05, 3.63) is 59.2 Å². The Bertz CT molecular complexity index is 882. The third-order valence-corrected chi connectivity index (χ3v) is 4.04. The second-order valence-electron chi connectivity index (χ2n) is 5.92. The molecule has 25 heavy (non-hydrogen) atoms. The molecule has 1 N–H and O–H groups in total. The third-order valence-electron chi connectivity index (χ3n) is 4.04. The molecule has 3 rings (SSSR count). The smallest absolute Gasteiger partial charge is 0.268 e. The number of hydrogen-bond donors (Lipinski definition) is 1. The molecule has 0 aliphatic carbocycles. The third kappa shape index (κ3) is 3.74. The highest BCUT2D eigenvalue weighted by atomic mass is 19.1. The van der Waals surface area contributed by atoms with E-state index in [9.17, 15) is 9.18 Å². The van der Waals surface area contributed by atoms with Crippen LogP contribution >= 0.6 is 0 Å². The predicted molar refractivity (Wildman–Crippen MR) is 93.3 cm³/mol. The molecule has 2 heterocycles. The number of furan rings is 1. The zero-order chi connectivity index (χ0) is 17.8. The number of nitrogens with zero attached hydrogens (tertiary/aromatic N) is 1. The first kappa shape index (κ1) is 17.2. The van der Waals surface area contributed by atoms with Gasteiger partial charge in [-0.25, -0.2) is 4.39 Å². The van der Waals surface area contributed by atoms with Crippen LogP contribution in [0.5, 0.6) is 0 Å². The number of amides is 1. The summed E-state index contributed by atoms with van der Waals surface area (Å²) in [5, 5.41) is 2.86. The quantitative estimate of drug-likeness (QED) is 0.668. The Balaban J connectivity index is 1.91. The molecule has 0 unspecified atom stereocenters. The van der Waals surface area contributed by atoms with Crippen molar-refractivity contribution in [1.82, 2.24) is 9.88 Å². The van der Waals surface area contributed by atoms with Crippen LogP contribution < -0.4 is 5.32 Å². The molecule has 1 aromatic carbocycles. The first-order chi connectivity index (χ1) is 12.1. The number of benzene rings is 1. The summed E-state index contributed by atoms with van der Waals surface area (Å²) in [6.07, 6.45) is 0.728.